The molecule has 0 aromatic heterocycles. The molecule has 1 atom stereocenters. The molecule has 0 bridgehead atoms. The Labute approximate surface area is 106 Å². The summed E-state index contributed by atoms with van der Waals surface area (Å²) in [5.74, 6) is -0.231. The summed E-state index contributed by atoms with van der Waals surface area (Å²) >= 11 is 0. The molecule has 1 spiro atoms. The molecule has 0 aliphatic carbocycles. The maximum atomic E-state index is 11.9. The standard InChI is InChI=1S/C12H19N3O3/c1-2-3-4-5-9(16)15-7-6-12(8-15)10(17)13-11(18)14-12/h2-8H2,1H3,(H2,13,14,17,18). The van der Waals surface area contributed by atoms with Crippen molar-refractivity contribution in [1.29, 1.82) is 0 Å². The van der Waals surface area contributed by atoms with Crippen LogP contribution in [0.3, 0.4) is 0 Å². The van der Waals surface area contributed by atoms with Gasteiger partial charge >= 0.3 is 6.03 Å². The number of imide groups is 1. The molecule has 2 N–H and O–H groups in total. The first-order valence-electron chi connectivity index (χ1n) is 6.49. The summed E-state index contributed by atoms with van der Waals surface area (Å²) < 4.78 is 0. The topological polar surface area (TPSA) is 78.5 Å². The monoisotopic (exact) mass is 253 g/mol. The highest BCUT2D eigenvalue weighted by Gasteiger charge is 2.51. The lowest BCUT2D eigenvalue weighted by atomic mass is 9.99. The number of nitrogens with zero attached hydrogens (tertiary/aromatic N) is 1. The van der Waals surface area contributed by atoms with Gasteiger partial charge in [-0.2, -0.15) is 0 Å². The van der Waals surface area contributed by atoms with Gasteiger partial charge in [0.25, 0.3) is 5.91 Å². The highest BCUT2D eigenvalue weighted by molar-refractivity contribution is 6.07. The Bertz CT molecular complexity index is 383. The van der Waals surface area contributed by atoms with E-state index in [1.807, 2.05) is 0 Å². The van der Waals surface area contributed by atoms with E-state index in [4.69, 9.17) is 0 Å². The molecular weight excluding hydrogens is 234 g/mol. The lowest BCUT2D eigenvalue weighted by Crippen LogP contribution is -2.49. The lowest BCUT2D eigenvalue weighted by molar-refractivity contribution is -0.130. The summed E-state index contributed by atoms with van der Waals surface area (Å²) in [6.45, 7) is 2.93. The first-order chi connectivity index (χ1) is 8.57. The molecule has 2 aliphatic rings. The maximum absolute atomic E-state index is 11.9. The van der Waals surface area contributed by atoms with Crippen LogP contribution in [0, 0.1) is 0 Å². The largest absolute Gasteiger partial charge is 0.340 e. The Balaban J connectivity index is 1.90. The SMILES string of the molecule is CCCCCC(=O)N1CCC2(C1)NC(=O)NC2=O. The van der Waals surface area contributed by atoms with Crippen molar-refractivity contribution >= 4 is 17.8 Å². The zero-order valence-electron chi connectivity index (χ0n) is 10.6. The van der Waals surface area contributed by atoms with Crippen molar-refractivity contribution in [2.24, 2.45) is 0 Å². The highest BCUT2D eigenvalue weighted by atomic mass is 16.2. The highest BCUT2D eigenvalue weighted by Crippen LogP contribution is 2.25. The van der Waals surface area contributed by atoms with Crippen LogP contribution >= 0.6 is 0 Å². The first-order valence-corrected chi connectivity index (χ1v) is 6.49. The lowest BCUT2D eigenvalue weighted by Gasteiger charge is -2.21. The van der Waals surface area contributed by atoms with E-state index < -0.39 is 11.6 Å². The Morgan fingerprint density at radius 3 is 2.78 bits per heavy atom. The second-order valence-corrected chi connectivity index (χ2v) is 5.01. The molecule has 2 fully saturated rings. The Morgan fingerprint density at radius 2 is 2.17 bits per heavy atom. The van der Waals surface area contributed by atoms with Gasteiger partial charge in [0.05, 0.1) is 6.54 Å². The number of hydrogen-bond donors (Lipinski definition) is 2. The minimum absolute atomic E-state index is 0.0780. The van der Waals surface area contributed by atoms with E-state index in [-0.39, 0.29) is 11.8 Å². The predicted octanol–water partition coefficient (Wildman–Crippen LogP) is 0.377. The van der Waals surface area contributed by atoms with E-state index >= 15 is 0 Å². The molecule has 4 amide bonds. The van der Waals surface area contributed by atoms with Gasteiger partial charge in [-0.15, -0.1) is 0 Å². The number of urea groups is 1. The quantitative estimate of drug-likeness (QED) is 0.561. The molecule has 2 rings (SSSR count). The third kappa shape index (κ3) is 2.32. The molecule has 2 saturated heterocycles. The predicted molar refractivity (Wildman–Crippen MR) is 64.7 cm³/mol. The summed E-state index contributed by atoms with van der Waals surface area (Å²) in [6, 6.07) is -0.458. The third-order valence-electron chi connectivity index (χ3n) is 3.63. The van der Waals surface area contributed by atoms with Gasteiger partial charge in [-0.3, -0.25) is 14.9 Å². The molecule has 18 heavy (non-hydrogen) atoms. The van der Waals surface area contributed by atoms with Gasteiger partial charge < -0.3 is 10.2 Å². The van der Waals surface area contributed by atoms with Crippen molar-refractivity contribution in [3.63, 3.8) is 0 Å². The van der Waals surface area contributed by atoms with Gasteiger partial charge in [0, 0.05) is 13.0 Å². The Hall–Kier alpha value is -1.59. The van der Waals surface area contributed by atoms with E-state index in [1.54, 1.807) is 4.90 Å². The average Bonchev–Trinajstić information content (AvgIpc) is 2.85. The van der Waals surface area contributed by atoms with Gasteiger partial charge in [-0.25, -0.2) is 4.79 Å². The number of likely N-dealkylation sites (tertiary alicyclic amines) is 1. The minimum atomic E-state index is -0.877. The fourth-order valence-electron chi connectivity index (χ4n) is 2.52. The minimum Gasteiger partial charge on any atom is -0.340 e. The molecule has 2 heterocycles. The molecule has 6 heteroatoms. The molecule has 1 unspecified atom stereocenters. The number of hydrogen-bond acceptors (Lipinski definition) is 3. The van der Waals surface area contributed by atoms with Crippen molar-refractivity contribution in [2.75, 3.05) is 13.1 Å². The second kappa shape index (κ2) is 4.96. The molecule has 100 valence electrons. The summed E-state index contributed by atoms with van der Waals surface area (Å²) in [4.78, 5) is 36.5. The summed E-state index contributed by atoms with van der Waals surface area (Å²) in [5.41, 5.74) is -0.877. The maximum Gasteiger partial charge on any atom is 0.322 e. The van der Waals surface area contributed by atoms with Crippen LogP contribution in [0.1, 0.15) is 39.0 Å². The van der Waals surface area contributed by atoms with Gasteiger partial charge in [-0.1, -0.05) is 19.8 Å². The van der Waals surface area contributed by atoms with Crippen LogP contribution in [0.4, 0.5) is 4.79 Å². The van der Waals surface area contributed by atoms with Crippen molar-refractivity contribution in [1.82, 2.24) is 15.5 Å². The number of rotatable bonds is 4. The van der Waals surface area contributed by atoms with Gasteiger partial charge in [-0.05, 0) is 12.8 Å². The van der Waals surface area contributed by atoms with Crippen molar-refractivity contribution in [2.45, 2.75) is 44.6 Å². The van der Waals surface area contributed by atoms with E-state index in [1.165, 1.54) is 0 Å². The average molecular weight is 253 g/mol. The Kier molecular flexibility index (Phi) is 3.54. The molecule has 0 radical (unpaired) electrons. The van der Waals surface area contributed by atoms with E-state index in [0.29, 0.717) is 25.9 Å². The van der Waals surface area contributed by atoms with Crippen LogP contribution in [-0.2, 0) is 9.59 Å². The van der Waals surface area contributed by atoms with Crippen molar-refractivity contribution in [3.05, 3.63) is 0 Å². The van der Waals surface area contributed by atoms with Crippen LogP contribution in [-0.4, -0.2) is 41.4 Å². The number of amides is 4. The number of nitrogens with one attached hydrogen (secondary N) is 2. The van der Waals surface area contributed by atoms with E-state index in [2.05, 4.69) is 17.6 Å². The van der Waals surface area contributed by atoms with Gasteiger partial charge in [0.15, 0.2) is 0 Å². The van der Waals surface area contributed by atoms with Gasteiger partial charge in [0.1, 0.15) is 5.54 Å². The third-order valence-corrected chi connectivity index (χ3v) is 3.63. The summed E-state index contributed by atoms with van der Waals surface area (Å²) in [7, 11) is 0. The number of unbranched alkanes of at least 4 members (excludes halogenated alkanes) is 2. The Morgan fingerprint density at radius 1 is 1.39 bits per heavy atom. The molecule has 0 saturated carbocycles. The molecule has 0 aromatic carbocycles. The summed E-state index contributed by atoms with van der Waals surface area (Å²) in [6.07, 6.45) is 4.04. The second-order valence-electron chi connectivity index (χ2n) is 5.01. The first kappa shape index (κ1) is 12.9. The van der Waals surface area contributed by atoms with Crippen LogP contribution in [0.2, 0.25) is 0 Å². The van der Waals surface area contributed by atoms with Crippen LogP contribution < -0.4 is 10.6 Å². The van der Waals surface area contributed by atoms with E-state index in [0.717, 1.165) is 19.3 Å². The molecule has 0 aromatic rings. The molecule has 2 aliphatic heterocycles. The van der Waals surface area contributed by atoms with Gasteiger partial charge in [0.2, 0.25) is 5.91 Å². The van der Waals surface area contributed by atoms with Crippen LogP contribution in [0.25, 0.3) is 0 Å². The molecule has 6 nitrogen and oxygen atoms in total. The van der Waals surface area contributed by atoms with Crippen LogP contribution in [0.15, 0.2) is 0 Å². The fourth-order valence-corrected chi connectivity index (χ4v) is 2.52. The smallest absolute Gasteiger partial charge is 0.322 e. The molecular formula is C12H19N3O3. The zero-order chi connectivity index (χ0) is 13.2. The number of carbonyl (C=O) groups excluding carboxylic acids is 3. The normalized spacial score (nSPS) is 26.6. The van der Waals surface area contributed by atoms with Crippen molar-refractivity contribution < 1.29 is 14.4 Å². The number of carbonyl (C=O) groups is 3. The van der Waals surface area contributed by atoms with Crippen molar-refractivity contribution in [3.8, 4) is 0 Å². The summed E-state index contributed by atoms with van der Waals surface area (Å²) in [5, 5.41) is 4.87. The van der Waals surface area contributed by atoms with Crippen LogP contribution in [0.5, 0.6) is 0 Å². The van der Waals surface area contributed by atoms with E-state index in [9.17, 15) is 14.4 Å². The fraction of sp³-hybridized carbons (Fsp3) is 0.750. The zero-order valence-corrected chi connectivity index (χ0v) is 10.6.